The van der Waals surface area contributed by atoms with Crippen LogP contribution in [0.15, 0.2) is 33.6 Å². The van der Waals surface area contributed by atoms with E-state index in [1.165, 1.54) is 12.0 Å². The van der Waals surface area contributed by atoms with Gasteiger partial charge in [0.05, 0.1) is 6.61 Å². The molecule has 0 aromatic heterocycles. The zero-order valence-electron chi connectivity index (χ0n) is 6.21. The van der Waals surface area contributed by atoms with E-state index in [1.54, 1.807) is 0 Å². The van der Waals surface area contributed by atoms with Crippen LogP contribution < -0.4 is 0 Å². The Labute approximate surface area is 79.5 Å². The van der Waals surface area contributed by atoms with Crippen LogP contribution in [0.25, 0.3) is 0 Å². The molecule has 0 unspecified atom stereocenters. The molecule has 1 nitrogen and oxygen atoms in total. The minimum Gasteiger partial charge on any atom is -0.311 e. The number of hydrogen-bond donors (Lipinski definition) is 0. The minimum atomic E-state index is 0.733. The molecule has 3 heteroatoms. The summed E-state index contributed by atoms with van der Waals surface area (Å²) < 4.78 is 6.26. The van der Waals surface area contributed by atoms with Crippen molar-refractivity contribution in [2.45, 2.75) is 11.8 Å². The van der Waals surface area contributed by atoms with Crippen LogP contribution in [0.5, 0.6) is 0 Å². The Bertz CT molecular complexity index is 227. The van der Waals surface area contributed by atoms with Gasteiger partial charge in [-0.2, -0.15) is 0 Å². The van der Waals surface area contributed by atoms with Crippen molar-refractivity contribution < 1.29 is 4.18 Å². The molecule has 0 N–H and O–H groups in total. The first-order valence-electron chi connectivity index (χ1n) is 3.38. The molecule has 0 bridgehead atoms. The lowest BCUT2D eigenvalue weighted by molar-refractivity contribution is 0.402. The van der Waals surface area contributed by atoms with Crippen molar-refractivity contribution in [1.29, 1.82) is 0 Å². The van der Waals surface area contributed by atoms with E-state index in [0.717, 1.165) is 16.0 Å². The fourth-order valence-electron chi connectivity index (χ4n) is 0.646. The van der Waals surface area contributed by atoms with E-state index in [9.17, 15) is 0 Å². The van der Waals surface area contributed by atoms with Crippen LogP contribution in [-0.4, -0.2) is 6.61 Å². The number of benzene rings is 1. The molecule has 0 aliphatic heterocycles. The van der Waals surface area contributed by atoms with Gasteiger partial charge in [0.1, 0.15) is 0 Å². The van der Waals surface area contributed by atoms with Crippen molar-refractivity contribution in [2.24, 2.45) is 0 Å². The van der Waals surface area contributed by atoms with Crippen LogP contribution in [0.1, 0.15) is 6.92 Å². The Morgan fingerprint density at radius 1 is 1.55 bits per heavy atom. The zero-order chi connectivity index (χ0) is 8.10. The molecule has 0 radical (unpaired) electrons. The van der Waals surface area contributed by atoms with Crippen molar-refractivity contribution in [3.63, 3.8) is 0 Å². The predicted molar refractivity (Wildman–Crippen MR) is 51.6 cm³/mol. The highest BCUT2D eigenvalue weighted by atomic mass is 79.9. The van der Waals surface area contributed by atoms with Gasteiger partial charge in [-0.1, -0.05) is 22.0 Å². The minimum absolute atomic E-state index is 0.733. The maximum atomic E-state index is 5.17. The van der Waals surface area contributed by atoms with Crippen molar-refractivity contribution in [3.05, 3.63) is 28.7 Å². The third-order valence-corrected chi connectivity index (χ3v) is 2.36. The van der Waals surface area contributed by atoms with Crippen LogP contribution in [0.4, 0.5) is 0 Å². The van der Waals surface area contributed by atoms with Gasteiger partial charge in [-0.05, 0) is 25.1 Å². The summed E-state index contributed by atoms with van der Waals surface area (Å²) in [7, 11) is 0. The summed E-state index contributed by atoms with van der Waals surface area (Å²) >= 11 is 4.79. The summed E-state index contributed by atoms with van der Waals surface area (Å²) in [5.74, 6) is 0. The Kier molecular flexibility index (Phi) is 3.97. The first-order valence-corrected chi connectivity index (χ1v) is 4.91. The van der Waals surface area contributed by atoms with Crippen molar-refractivity contribution in [3.8, 4) is 0 Å². The molecule has 0 fully saturated rings. The van der Waals surface area contributed by atoms with Gasteiger partial charge in [0, 0.05) is 21.4 Å². The second-order valence-electron chi connectivity index (χ2n) is 1.95. The van der Waals surface area contributed by atoms with E-state index in [1.807, 2.05) is 31.2 Å². The fraction of sp³-hybridized carbons (Fsp3) is 0.250. The molecule has 1 aromatic carbocycles. The Balaban J connectivity index is 2.56. The Hall–Kier alpha value is 0.01000. The van der Waals surface area contributed by atoms with Crippen LogP contribution >= 0.6 is 28.0 Å². The van der Waals surface area contributed by atoms with E-state index < -0.39 is 0 Å². The number of hydrogen-bond acceptors (Lipinski definition) is 2. The number of rotatable bonds is 3. The molecule has 0 spiro atoms. The summed E-state index contributed by atoms with van der Waals surface area (Å²) in [6.07, 6.45) is 0. The second kappa shape index (κ2) is 4.80. The molecule has 0 aliphatic carbocycles. The number of halogens is 1. The summed E-state index contributed by atoms with van der Waals surface area (Å²) in [6, 6.07) is 8.03. The standard InChI is InChI=1S/C8H9BrOS/c1-2-10-11-8-5-3-4-7(9)6-8/h3-6H,2H2,1H3. The molecule has 0 atom stereocenters. The average Bonchev–Trinajstić information content (AvgIpc) is 2.01. The Morgan fingerprint density at radius 3 is 3.00 bits per heavy atom. The van der Waals surface area contributed by atoms with Crippen molar-refractivity contribution >= 4 is 28.0 Å². The summed E-state index contributed by atoms with van der Waals surface area (Å²) in [6.45, 7) is 2.71. The lowest BCUT2D eigenvalue weighted by Crippen LogP contribution is -1.77. The topological polar surface area (TPSA) is 9.23 Å². The van der Waals surface area contributed by atoms with Crippen molar-refractivity contribution in [1.82, 2.24) is 0 Å². The molecule has 60 valence electrons. The molecule has 1 rings (SSSR count). The first kappa shape index (κ1) is 9.10. The van der Waals surface area contributed by atoms with E-state index in [4.69, 9.17) is 4.18 Å². The lowest BCUT2D eigenvalue weighted by atomic mass is 10.4. The third-order valence-electron chi connectivity index (χ3n) is 1.07. The maximum absolute atomic E-state index is 5.17. The Morgan fingerprint density at radius 2 is 2.36 bits per heavy atom. The van der Waals surface area contributed by atoms with E-state index in [0.29, 0.717) is 0 Å². The normalized spacial score (nSPS) is 10.0. The summed E-state index contributed by atoms with van der Waals surface area (Å²) in [4.78, 5) is 1.13. The second-order valence-corrected chi connectivity index (χ2v) is 3.74. The monoisotopic (exact) mass is 232 g/mol. The van der Waals surface area contributed by atoms with E-state index >= 15 is 0 Å². The van der Waals surface area contributed by atoms with Gasteiger partial charge >= 0.3 is 0 Å². The summed E-state index contributed by atoms with van der Waals surface area (Å²) in [5.41, 5.74) is 0. The van der Waals surface area contributed by atoms with Gasteiger partial charge in [0.15, 0.2) is 0 Å². The highest BCUT2D eigenvalue weighted by Crippen LogP contribution is 2.22. The van der Waals surface area contributed by atoms with Gasteiger partial charge < -0.3 is 4.18 Å². The maximum Gasteiger partial charge on any atom is 0.0590 e. The third kappa shape index (κ3) is 3.27. The molecular weight excluding hydrogens is 224 g/mol. The van der Waals surface area contributed by atoms with Crippen LogP contribution in [0.2, 0.25) is 0 Å². The van der Waals surface area contributed by atoms with Gasteiger partial charge in [0.2, 0.25) is 0 Å². The van der Waals surface area contributed by atoms with E-state index in [2.05, 4.69) is 15.9 Å². The molecular formula is C8H9BrOS. The fourth-order valence-corrected chi connectivity index (χ4v) is 1.76. The van der Waals surface area contributed by atoms with Gasteiger partial charge in [-0.3, -0.25) is 0 Å². The molecule has 0 saturated heterocycles. The molecule has 0 heterocycles. The van der Waals surface area contributed by atoms with Crippen LogP contribution in [0.3, 0.4) is 0 Å². The molecule has 1 aromatic rings. The first-order chi connectivity index (χ1) is 5.33. The molecule has 0 amide bonds. The molecule has 0 aliphatic rings. The summed E-state index contributed by atoms with van der Waals surface area (Å²) in [5, 5.41) is 0. The smallest absolute Gasteiger partial charge is 0.0590 e. The SMILES string of the molecule is CCOSc1cccc(Br)c1. The highest BCUT2D eigenvalue weighted by molar-refractivity contribution is 9.10. The van der Waals surface area contributed by atoms with Gasteiger partial charge in [-0.15, -0.1) is 0 Å². The zero-order valence-corrected chi connectivity index (χ0v) is 8.61. The van der Waals surface area contributed by atoms with E-state index in [-0.39, 0.29) is 0 Å². The molecule has 11 heavy (non-hydrogen) atoms. The largest absolute Gasteiger partial charge is 0.311 e. The quantitative estimate of drug-likeness (QED) is 0.739. The predicted octanol–water partition coefficient (Wildman–Crippen LogP) is 3.49. The van der Waals surface area contributed by atoms with Gasteiger partial charge in [-0.25, -0.2) is 0 Å². The molecule has 0 saturated carbocycles. The van der Waals surface area contributed by atoms with Crippen LogP contribution in [-0.2, 0) is 4.18 Å². The van der Waals surface area contributed by atoms with Crippen LogP contribution in [0, 0.1) is 0 Å². The lowest BCUT2D eigenvalue weighted by Gasteiger charge is -1.98. The van der Waals surface area contributed by atoms with Gasteiger partial charge in [0.25, 0.3) is 0 Å². The highest BCUT2D eigenvalue weighted by Gasteiger charge is 1.93. The van der Waals surface area contributed by atoms with Crippen molar-refractivity contribution in [2.75, 3.05) is 6.61 Å². The average molecular weight is 233 g/mol.